The van der Waals surface area contributed by atoms with Crippen LogP contribution in [0.4, 0.5) is 0 Å². The molecular formula is C16H15N3OS. The lowest BCUT2D eigenvalue weighted by Gasteiger charge is -2.13. The third-order valence-corrected chi connectivity index (χ3v) is 3.96. The molecule has 4 nitrogen and oxygen atoms in total. The van der Waals surface area contributed by atoms with Crippen molar-refractivity contribution < 1.29 is 4.79 Å². The number of thiophene rings is 1. The maximum Gasteiger partial charge on any atom is 0.251 e. The summed E-state index contributed by atoms with van der Waals surface area (Å²) >= 11 is 1.67. The predicted molar refractivity (Wildman–Crippen MR) is 84.5 cm³/mol. The molecule has 0 aliphatic heterocycles. The Morgan fingerprint density at radius 1 is 1.24 bits per heavy atom. The fourth-order valence-corrected chi connectivity index (χ4v) is 2.91. The fourth-order valence-electron chi connectivity index (χ4n) is 2.23. The Morgan fingerprint density at radius 2 is 2.05 bits per heavy atom. The van der Waals surface area contributed by atoms with Crippen LogP contribution in [-0.4, -0.2) is 21.9 Å². The van der Waals surface area contributed by atoms with E-state index in [-0.39, 0.29) is 11.9 Å². The van der Waals surface area contributed by atoms with Crippen LogP contribution < -0.4 is 5.32 Å². The first-order valence-corrected chi connectivity index (χ1v) is 7.69. The first-order valence-electron chi connectivity index (χ1n) is 6.75. The lowest BCUT2D eigenvalue weighted by Crippen LogP contribution is -2.33. The van der Waals surface area contributed by atoms with Crippen molar-refractivity contribution in [1.82, 2.24) is 15.3 Å². The molecule has 106 valence electrons. The van der Waals surface area contributed by atoms with Gasteiger partial charge in [-0.15, -0.1) is 0 Å². The summed E-state index contributed by atoms with van der Waals surface area (Å²) in [6, 6.07) is 7.54. The molecule has 1 N–H and O–H groups in total. The fraction of sp³-hybridized carbons (Fsp3) is 0.188. The Kier molecular flexibility index (Phi) is 3.92. The van der Waals surface area contributed by atoms with E-state index < -0.39 is 0 Å². The molecule has 0 aliphatic rings. The van der Waals surface area contributed by atoms with Crippen molar-refractivity contribution in [3.8, 4) is 0 Å². The molecule has 0 saturated carbocycles. The van der Waals surface area contributed by atoms with Crippen LogP contribution in [0.3, 0.4) is 0 Å². The molecule has 2 heterocycles. The zero-order chi connectivity index (χ0) is 14.7. The summed E-state index contributed by atoms with van der Waals surface area (Å²) in [5.41, 5.74) is 3.38. The topological polar surface area (TPSA) is 54.9 Å². The van der Waals surface area contributed by atoms with E-state index in [4.69, 9.17) is 0 Å². The molecule has 1 aromatic carbocycles. The van der Waals surface area contributed by atoms with Crippen LogP contribution in [0.1, 0.15) is 22.8 Å². The highest BCUT2D eigenvalue weighted by Gasteiger charge is 2.11. The third kappa shape index (κ3) is 3.25. The second-order valence-corrected chi connectivity index (χ2v) is 5.75. The van der Waals surface area contributed by atoms with Crippen molar-refractivity contribution in [1.29, 1.82) is 0 Å². The molecule has 2 aromatic heterocycles. The lowest BCUT2D eigenvalue weighted by molar-refractivity contribution is 0.0940. The molecule has 0 unspecified atom stereocenters. The van der Waals surface area contributed by atoms with Crippen molar-refractivity contribution in [3.05, 3.63) is 58.5 Å². The smallest absolute Gasteiger partial charge is 0.251 e. The minimum absolute atomic E-state index is 0.0784. The van der Waals surface area contributed by atoms with Gasteiger partial charge >= 0.3 is 0 Å². The molecule has 3 rings (SSSR count). The molecule has 0 radical (unpaired) electrons. The number of benzene rings is 1. The lowest BCUT2D eigenvalue weighted by atomic mass is 10.1. The number of rotatable bonds is 4. The molecule has 0 saturated heterocycles. The summed E-state index contributed by atoms with van der Waals surface area (Å²) in [6.07, 6.45) is 4.11. The number of nitrogens with one attached hydrogen (secondary N) is 1. The van der Waals surface area contributed by atoms with Gasteiger partial charge in [0.15, 0.2) is 0 Å². The summed E-state index contributed by atoms with van der Waals surface area (Å²) in [4.78, 5) is 20.7. The summed E-state index contributed by atoms with van der Waals surface area (Å²) in [6.45, 7) is 2.01. The maximum atomic E-state index is 12.3. The highest BCUT2D eigenvalue weighted by atomic mass is 32.1. The number of aromatic nitrogens is 2. The second kappa shape index (κ2) is 6.01. The van der Waals surface area contributed by atoms with Crippen LogP contribution in [-0.2, 0) is 6.42 Å². The van der Waals surface area contributed by atoms with E-state index in [1.165, 1.54) is 5.56 Å². The first-order chi connectivity index (χ1) is 10.2. The van der Waals surface area contributed by atoms with Gasteiger partial charge in [0.1, 0.15) is 0 Å². The van der Waals surface area contributed by atoms with Gasteiger partial charge in [-0.3, -0.25) is 14.8 Å². The molecule has 21 heavy (non-hydrogen) atoms. The van der Waals surface area contributed by atoms with E-state index in [0.717, 1.165) is 17.5 Å². The van der Waals surface area contributed by atoms with Gasteiger partial charge in [-0.2, -0.15) is 11.3 Å². The maximum absolute atomic E-state index is 12.3. The van der Waals surface area contributed by atoms with E-state index >= 15 is 0 Å². The molecule has 0 spiro atoms. The van der Waals surface area contributed by atoms with Crippen LogP contribution in [0.2, 0.25) is 0 Å². The van der Waals surface area contributed by atoms with Crippen molar-refractivity contribution in [2.75, 3.05) is 0 Å². The largest absolute Gasteiger partial charge is 0.349 e. The number of nitrogens with zero attached hydrogens (tertiary/aromatic N) is 2. The van der Waals surface area contributed by atoms with Crippen LogP contribution in [0.25, 0.3) is 11.0 Å². The summed E-state index contributed by atoms with van der Waals surface area (Å²) in [5, 5.41) is 7.17. The van der Waals surface area contributed by atoms with Crippen LogP contribution in [0, 0.1) is 0 Å². The van der Waals surface area contributed by atoms with Crippen LogP contribution in [0.15, 0.2) is 47.4 Å². The van der Waals surface area contributed by atoms with E-state index in [1.54, 1.807) is 35.9 Å². The number of hydrogen-bond donors (Lipinski definition) is 1. The van der Waals surface area contributed by atoms with Gasteiger partial charge in [-0.25, -0.2) is 0 Å². The summed E-state index contributed by atoms with van der Waals surface area (Å²) in [5.74, 6) is -0.0784. The molecule has 0 bridgehead atoms. The van der Waals surface area contributed by atoms with E-state index in [0.29, 0.717) is 5.56 Å². The van der Waals surface area contributed by atoms with E-state index in [2.05, 4.69) is 26.7 Å². The molecular weight excluding hydrogens is 282 g/mol. The molecule has 1 amide bonds. The number of hydrogen-bond acceptors (Lipinski definition) is 4. The predicted octanol–water partition coefficient (Wildman–Crippen LogP) is 3.05. The Hall–Kier alpha value is -2.27. The van der Waals surface area contributed by atoms with Crippen molar-refractivity contribution in [3.63, 3.8) is 0 Å². The quantitative estimate of drug-likeness (QED) is 0.805. The van der Waals surface area contributed by atoms with Gasteiger partial charge in [0, 0.05) is 24.0 Å². The van der Waals surface area contributed by atoms with Crippen LogP contribution in [0.5, 0.6) is 0 Å². The summed E-state index contributed by atoms with van der Waals surface area (Å²) in [7, 11) is 0. The average Bonchev–Trinajstić information content (AvgIpc) is 2.99. The minimum atomic E-state index is -0.0784. The zero-order valence-corrected chi connectivity index (χ0v) is 12.4. The van der Waals surface area contributed by atoms with Gasteiger partial charge in [0.25, 0.3) is 5.91 Å². The molecule has 0 aliphatic carbocycles. The Bertz CT molecular complexity index is 755. The molecule has 5 heteroatoms. The van der Waals surface area contributed by atoms with Crippen molar-refractivity contribution in [2.45, 2.75) is 19.4 Å². The zero-order valence-electron chi connectivity index (χ0n) is 11.6. The third-order valence-electron chi connectivity index (χ3n) is 3.23. The number of carbonyl (C=O) groups excluding carboxylic acids is 1. The first kappa shape index (κ1) is 13.7. The number of amides is 1. The van der Waals surface area contributed by atoms with E-state index in [1.807, 2.05) is 18.4 Å². The SMILES string of the molecule is C[C@@H](Cc1ccsc1)NC(=O)c1ccc2nccnc2c1. The second-order valence-electron chi connectivity index (χ2n) is 4.97. The normalized spacial score (nSPS) is 12.2. The average molecular weight is 297 g/mol. The summed E-state index contributed by atoms with van der Waals surface area (Å²) < 4.78 is 0. The Balaban J connectivity index is 1.71. The van der Waals surface area contributed by atoms with Crippen LogP contribution >= 0.6 is 11.3 Å². The van der Waals surface area contributed by atoms with Gasteiger partial charge in [-0.05, 0) is 53.9 Å². The monoisotopic (exact) mass is 297 g/mol. The van der Waals surface area contributed by atoms with E-state index in [9.17, 15) is 4.79 Å². The molecule has 1 atom stereocenters. The highest BCUT2D eigenvalue weighted by Crippen LogP contribution is 2.12. The minimum Gasteiger partial charge on any atom is -0.349 e. The van der Waals surface area contributed by atoms with Crippen molar-refractivity contribution in [2.24, 2.45) is 0 Å². The molecule has 3 aromatic rings. The van der Waals surface area contributed by atoms with Crippen molar-refractivity contribution >= 4 is 28.3 Å². The highest BCUT2D eigenvalue weighted by molar-refractivity contribution is 7.07. The van der Waals surface area contributed by atoms with Gasteiger partial charge < -0.3 is 5.32 Å². The Labute approximate surface area is 126 Å². The Morgan fingerprint density at radius 3 is 2.81 bits per heavy atom. The number of fused-ring (bicyclic) bond motifs is 1. The van der Waals surface area contributed by atoms with Gasteiger partial charge in [-0.1, -0.05) is 0 Å². The van der Waals surface area contributed by atoms with Gasteiger partial charge in [0.05, 0.1) is 11.0 Å². The standard InChI is InChI=1S/C16H15N3OS/c1-11(8-12-4-7-21-10-12)19-16(20)13-2-3-14-15(9-13)18-6-5-17-14/h2-7,9-11H,8H2,1H3,(H,19,20)/t11-/m0/s1. The molecule has 0 fully saturated rings. The van der Waals surface area contributed by atoms with Gasteiger partial charge in [0.2, 0.25) is 0 Å². The number of carbonyl (C=O) groups is 1.